The van der Waals surface area contributed by atoms with E-state index >= 15 is 0 Å². The van der Waals surface area contributed by atoms with Crippen molar-refractivity contribution in [3.8, 4) is 5.75 Å². The fourth-order valence-electron chi connectivity index (χ4n) is 2.40. The molecule has 0 radical (unpaired) electrons. The number of amides is 2. The van der Waals surface area contributed by atoms with E-state index in [2.05, 4.69) is 12.2 Å². The second kappa shape index (κ2) is 11.2. The third-order valence-corrected chi connectivity index (χ3v) is 4.27. The summed E-state index contributed by atoms with van der Waals surface area (Å²) in [6.45, 7) is 4.31. The fourth-order valence-corrected chi connectivity index (χ4v) is 2.47. The molecule has 6 nitrogen and oxygen atoms in total. The summed E-state index contributed by atoms with van der Waals surface area (Å²) in [4.78, 5) is 26.1. The number of hydrogen-bond donors (Lipinski definition) is 1. The third kappa shape index (κ3) is 6.78. The summed E-state index contributed by atoms with van der Waals surface area (Å²) >= 11 is 5.63. The van der Waals surface area contributed by atoms with Crippen molar-refractivity contribution in [3.63, 3.8) is 0 Å². The molecule has 0 fully saturated rings. The Balaban J connectivity index is 2.06. The van der Waals surface area contributed by atoms with Gasteiger partial charge in [0.25, 0.3) is 0 Å². The van der Waals surface area contributed by atoms with Gasteiger partial charge in [0.15, 0.2) is 0 Å². The Morgan fingerprint density at radius 2 is 1.89 bits per heavy atom. The van der Waals surface area contributed by atoms with Gasteiger partial charge in [-0.15, -0.1) is 11.6 Å². The van der Waals surface area contributed by atoms with Crippen molar-refractivity contribution in [2.24, 2.45) is 0 Å². The van der Waals surface area contributed by atoms with Crippen LogP contribution in [-0.4, -0.2) is 30.7 Å². The van der Waals surface area contributed by atoms with Crippen molar-refractivity contribution in [2.45, 2.75) is 32.8 Å². The number of benzene rings is 2. The molecule has 28 heavy (non-hydrogen) atoms. The average molecular weight is 405 g/mol. The number of alkyl halides is 1. The summed E-state index contributed by atoms with van der Waals surface area (Å²) in [6.07, 6.45) is 0.316. The number of hydrogen-bond acceptors (Lipinski definition) is 4. The van der Waals surface area contributed by atoms with Gasteiger partial charge in [0.05, 0.1) is 5.88 Å². The highest BCUT2D eigenvalue weighted by Crippen LogP contribution is 2.21. The maximum Gasteiger partial charge on any atom is 0.419 e. The van der Waals surface area contributed by atoms with Crippen LogP contribution in [0.1, 0.15) is 26.7 Å². The molecule has 7 heteroatoms. The second-order valence-corrected chi connectivity index (χ2v) is 6.54. The number of unbranched alkanes of at least 4 members (excludes halogenated alkanes) is 1. The van der Waals surface area contributed by atoms with Gasteiger partial charge in [0, 0.05) is 24.0 Å². The topological polar surface area (TPSA) is 67.9 Å². The van der Waals surface area contributed by atoms with Crippen LogP contribution in [0.5, 0.6) is 5.75 Å². The normalized spacial score (nSPS) is 11.4. The molecule has 0 aliphatic heterocycles. The molecule has 2 rings (SSSR count). The van der Waals surface area contributed by atoms with Crippen LogP contribution >= 0.6 is 11.6 Å². The van der Waals surface area contributed by atoms with E-state index in [0.29, 0.717) is 18.0 Å². The Morgan fingerprint density at radius 3 is 2.57 bits per heavy atom. The lowest BCUT2D eigenvalue weighted by Gasteiger charge is -2.22. The van der Waals surface area contributed by atoms with E-state index in [9.17, 15) is 9.59 Å². The van der Waals surface area contributed by atoms with Crippen LogP contribution in [0.4, 0.5) is 21.0 Å². The van der Waals surface area contributed by atoms with E-state index in [-0.39, 0.29) is 5.88 Å². The van der Waals surface area contributed by atoms with Crippen LogP contribution in [0, 0.1) is 0 Å². The molecule has 0 saturated heterocycles. The minimum absolute atomic E-state index is 0.207. The molecular weight excluding hydrogens is 380 g/mol. The summed E-state index contributed by atoms with van der Waals surface area (Å²) in [7, 11) is 0. The van der Waals surface area contributed by atoms with Gasteiger partial charge >= 0.3 is 12.2 Å². The van der Waals surface area contributed by atoms with E-state index in [1.807, 2.05) is 30.3 Å². The van der Waals surface area contributed by atoms with Gasteiger partial charge in [0.1, 0.15) is 11.9 Å². The second-order valence-electron chi connectivity index (χ2n) is 6.23. The highest BCUT2D eigenvalue weighted by molar-refractivity contribution is 6.18. The summed E-state index contributed by atoms with van der Waals surface area (Å²) < 4.78 is 10.6. The number of carbonyl (C=O) groups excluding carboxylic acids is 2. The SMILES string of the molecule is CCCCN(C(=O)Oc1cccc(NC(=O)OC(C)CCl)c1)c1ccccc1. The zero-order valence-electron chi connectivity index (χ0n) is 16.1. The van der Waals surface area contributed by atoms with Crippen LogP contribution in [-0.2, 0) is 4.74 Å². The number of ether oxygens (including phenoxy) is 2. The molecule has 0 aromatic heterocycles. The first-order chi connectivity index (χ1) is 13.5. The molecule has 0 aliphatic carbocycles. The Kier molecular flexibility index (Phi) is 8.62. The standard InChI is InChI=1S/C21H25ClN2O4/c1-3-4-13-24(18-10-6-5-7-11-18)21(26)28-19-12-8-9-17(14-19)23-20(25)27-16(2)15-22/h5-12,14,16H,3-4,13,15H2,1-2H3,(H,23,25). The first-order valence-electron chi connectivity index (χ1n) is 9.21. The van der Waals surface area contributed by atoms with Crippen LogP contribution in [0.3, 0.4) is 0 Å². The Hall–Kier alpha value is -2.73. The minimum atomic E-state index is -0.620. The Labute approximate surface area is 170 Å². The predicted molar refractivity (Wildman–Crippen MR) is 111 cm³/mol. The smallest absolute Gasteiger partial charge is 0.419 e. The zero-order valence-corrected chi connectivity index (χ0v) is 16.8. The highest BCUT2D eigenvalue weighted by atomic mass is 35.5. The molecule has 1 atom stereocenters. The largest absolute Gasteiger partial charge is 0.445 e. The van der Waals surface area contributed by atoms with Gasteiger partial charge in [-0.2, -0.15) is 0 Å². The van der Waals surface area contributed by atoms with Crippen LogP contribution in [0.25, 0.3) is 0 Å². The molecule has 1 N–H and O–H groups in total. The molecule has 0 spiro atoms. The van der Waals surface area contributed by atoms with Crippen LogP contribution < -0.4 is 15.0 Å². The van der Waals surface area contributed by atoms with Crippen molar-refractivity contribution < 1.29 is 19.1 Å². The number of rotatable bonds is 8. The summed E-state index contributed by atoms with van der Waals surface area (Å²) in [5, 5.41) is 2.59. The summed E-state index contributed by atoms with van der Waals surface area (Å²) in [5.41, 5.74) is 1.23. The highest BCUT2D eigenvalue weighted by Gasteiger charge is 2.18. The first kappa shape index (κ1) is 21.6. The lowest BCUT2D eigenvalue weighted by atomic mass is 10.2. The quantitative estimate of drug-likeness (QED) is 0.575. The molecular formula is C21H25ClN2O4. The van der Waals surface area contributed by atoms with E-state index in [0.717, 1.165) is 18.5 Å². The molecule has 0 heterocycles. The molecule has 0 aliphatic rings. The maximum absolute atomic E-state index is 12.7. The van der Waals surface area contributed by atoms with Gasteiger partial charge in [-0.3, -0.25) is 10.2 Å². The summed E-state index contributed by atoms with van der Waals surface area (Å²) in [6, 6.07) is 15.9. The van der Waals surface area contributed by atoms with Gasteiger partial charge in [-0.1, -0.05) is 37.6 Å². The molecule has 2 aromatic carbocycles. The minimum Gasteiger partial charge on any atom is -0.445 e. The Bertz CT molecular complexity index is 770. The number of para-hydroxylation sites is 1. The van der Waals surface area contributed by atoms with E-state index in [1.54, 1.807) is 36.1 Å². The van der Waals surface area contributed by atoms with Crippen molar-refractivity contribution in [2.75, 3.05) is 22.6 Å². The monoisotopic (exact) mass is 404 g/mol. The van der Waals surface area contributed by atoms with Gasteiger partial charge < -0.3 is 9.47 Å². The lowest BCUT2D eigenvalue weighted by Crippen LogP contribution is -2.34. The zero-order chi connectivity index (χ0) is 20.4. The number of carbonyl (C=O) groups is 2. The average Bonchev–Trinajstić information content (AvgIpc) is 2.69. The van der Waals surface area contributed by atoms with Gasteiger partial charge in [-0.25, -0.2) is 9.59 Å². The summed E-state index contributed by atoms with van der Waals surface area (Å²) in [5.74, 6) is 0.531. The number of halogens is 1. The van der Waals surface area contributed by atoms with Crippen molar-refractivity contribution in [3.05, 3.63) is 54.6 Å². The number of anilines is 2. The van der Waals surface area contributed by atoms with Crippen molar-refractivity contribution in [1.82, 2.24) is 0 Å². The van der Waals surface area contributed by atoms with E-state index in [1.165, 1.54) is 0 Å². The molecule has 0 saturated carbocycles. The molecule has 2 aromatic rings. The van der Waals surface area contributed by atoms with Crippen LogP contribution in [0.15, 0.2) is 54.6 Å². The third-order valence-electron chi connectivity index (χ3n) is 3.83. The van der Waals surface area contributed by atoms with Crippen molar-refractivity contribution >= 4 is 35.2 Å². The molecule has 2 amide bonds. The van der Waals surface area contributed by atoms with Crippen molar-refractivity contribution in [1.29, 1.82) is 0 Å². The Morgan fingerprint density at radius 1 is 1.14 bits per heavy atom. The number of nitrogens with zero attached hydrogens (tertiary/aromatic N) is 1. The van der Waals surface area contributed by atoms with E-state index in [4.69, 9.17) is 21.1 Å². The van der Waals surface area contributed by atoms with E-state index < -0.39 is 18.3 Å². The van der Waals surface area contributed by atoms with Crippen LogP contribution in [0.2, 0.25) is 0 Å². The molecule has 0 bridgehead atoms. The predicted octanol–water partition coefficient (Wildman–Crippen LogP) is 5.67. The first-order valence-corrected chi connectivity index (χ1v) is 9.75. The molecule has 150 valence electrons. The fraction of sp³-hybridized carbons (Fsp3) is 0.333. The lowest BCUT2D eigenvalue weighted by molar-refractivity contribution is 0.131. The molecule has 1 unspecified atom stereocenters. The maximum atomic E-state index is 12.7. The van der Waals surface area contributed by atoms with Gasteiger partial charge in [0.2, 0.25) is 0 Å². The number of nitrogens with one attached hydrogen (secondary N) is 1. The van der Waals surface area contributed by atoms with Gasteiger partial charge in [-0.05, 0) is 37.6 Å².